The summed E-state index contributed by atoms with van der Waals surface area (Å²) in [4.78, 5) is 17.2. The summed E-state index contributed by atoms with van der Waals surface area (Å²) in [6, 6.07) is 0.417. The first-order chi connectivity index (χ1) is 8.56. The first-order valence-corrected chi connectivity index (χ1v) is 6.51. The van der Waals surface area contributed by atoms with Crippen molar-refractivity contribution in [1.82, 2.24) is 14.5 Å². The lowest BCUT2D eigenvalue weighted by Gasteiger charge is -2.18. The zero-order valence-corrected chi connectivity index (χ0v) is 11.0. The van der Waals surface area contributed by atoms with Gasteiger partial charge < -0.3 is 9.67 Å². The van der Waals surface area contributed by atoms with Crippen LogP contribution in [0.1, 0.15) is 38.4 Å². The fourth-order valence-electron chi connectivity index (χ4n) is 2.62. The van der Waals surface area contributed by atoms with Gasteiger partial charge in [-0.2, -0.15) is 0 Å². The van der Waals surface area contributed by atoms with Gasteiger partial charge in [0.25, 0.3) is 0 Å². The highest BCUT2D eigenvalue weighted by Gasteiger charge is 2.25. The second kappa shape index (κ2) is 5.52. The van der Waals surface area contributed by atoms with Crippen LogP contribution in [0.15, 0.2) is 12.5 Å². The minimum Gasteiger partial charge on any atom is -0.481 e. The maximum atomic E-state index is 10.7. The highest BCUT2D eigenvalue weighted by molar-refractivity contribution is 5.67. The van der Waals surface area contributed by atoms with Gasteiger partial charge in [-0.25, -0.2) is 4.98 Å². The second-order valence-corrected chi connectivity index (χ2v) is 5.37. The van der Waals surface area contributed by atoms with Crippen LogP contribution in [0.25, 0.3) is 0 Å². The van der Waals surface area contributed by atoms with Gasteiger partial charge in [-0.15, -0.1) is 0 Å². The summed E-state index contributed by atoms with van der Waals surface area (Å²) in [7, 11) is 0. The van der Waals surface area contributed by atoms with E-state index in [0.29, 0.717) is 18.4 Å². The number of imidazole rings is 1. The molecule has 1 atom stereocenters. The van der Waals surface area contributed by atoms with E-state index in [4.69, 9.17) is 5.11 Å². The maximum Gasteiger partial charge on any atom is 0.303 e. The number of aromatic nitrogens is 2. The summed E-state index contributed by atoms with van der Waals surface area (Å²) >= 11 is 0. The number of rotatable bonds is 5. The number of carboxylic acids is 1. The van der Waals surface area contributed by atoms with Crippen molar-refractivity contribution in [3.05, 3.63) is 18.2 Å². The zero-order chi connectivity index (χ0) is 13.1. The van der Waals surface area contributed by atoms with E-state index in [1.165, 1.54) is 5.69 Å². The molecule has 0 aromatic carbocycles. The molecule has 18 heavy (non-hydrogen) atoms. The maximum absolute atomic E-state index is 10.7. The lowest BCUT2D eigenvalue weighted by atomic mass is 10.1. The van der Waals surface area contributed by atoms with E-state index in [9.17, 15) is 4.79 Å². The van der Waals surface area contributed by atoms with Gasteiger partial charge in [0.1, 0.15) is 0 Å². The Morgan fingerprint density at radius 3 is 3.06 bits per heavy atom. The number of hydrogen-bond donors (Lipinski definition) is 1. The third-order valence-electron chi connectivity index (χ3n) is 3.52. The van der Waals surface area contributed by atoms with E-state index in [2.05, 4.69) is 28.3 Å². The predicted octanol–water partition coefficient (Wildman–Crippen LogP) is 1.76. The topological polar surface area (TPSA) is 58.4 Å². The molecule has 1 aliphatic heterocycles. The molecule has 0 aliphatic carbocycles. The van der Waals surface area contributed by atoms with Gasteiger partial charge >= 0.3 is 5.97 Å². The molecule has 2 rings (SSSR count). The highest BCUT2D eigenvalue weighted by atomic mass is 16.4. The van der Waals surface area contributed by atoms with E-state index in [1.54, 1.807) is 0 Å². The molecule has 5 heteroatoms. The Morgan fingerprint density at radius 1 is 1.61 bits per heavy atom. The molecule has 0 bridgehead atoms. The molecule has 1 N–H and O–H groups in total. The third-order valence-corrected chi connectivity index (χ3v) is 3.52. The molecule has 1 aromatic heterocycles. The SMILES string of the molecule is CC(C)n1cncc1CN1CC[C@H](CC(=O)O)C1. The van der Waals surface area contributed by atoms with Crippen molar-refractivity contribution in [3.63, 3.8) is 0 Å². The quantitative estimate of drug-likeness (QED) is 0.866. The fraction of sp³-hybridized carbons (Fsp3) is 0.692. The van der Waals surface area contributed by atoms with Crippen LogP contribution >= 0.6 is 0 Å². The molecule has 100 valence electrons. The molecular weight excluding hydrogens is 230 g/mol. The highest BCUT2D eigenvalue weighted by Crippen LogP contribution is 2.22. The first kappa shape index (κ1) is 13.1. The average molecular weight is 251 g/mol. The number of likely N-dealkylation sites (tertiary alicyclic amines) is 1. The minimum atomic E-state index is -0.686. The van der Waals surface area contributed by atoms with Gasteiger partial charge in [0.15, 0.2) is 0 Å². The summed E-state index contributed by atoms with van der Waals surface area (Å²) in [6.07, 6.45) is 5.05. The number of carboxylic acid groups (broad SMARTS) is 1. The molecule has 1 saturated heterocycles. The summed E-state index contributed by atoms with van der Waals surface area (Å²) in [5.41, 5.74) is 1.21. The molecule has 0 unspecified atom stereocenters. The lowest BCUT2D eigenvalue weighted by molar-refractivity contribution is -0.138. The van der Waals surface area contributed by atoms with E-state index >= 15 is 0 Å². The van der Waals surface area contributed by atoms with Crippen molar-refractivity contribution in [2.75, 3.05) is 13.1 Å². The molecule has 1 aliphatic rings. The number of aliphatic carboxylic acids is 1. The van der Waals surface area contributed by atoms with Crippen LogP contribution in [0, 0.1) is 5.92 Å². The van der Waals surface area contributed by atoms with Gasteiger partial charge in [0, 0.05) is 31.7 Å². The van der Waals surface area contributed by atoms with Crippen molar-refractivity contribution in [3.8, 4) is 0 Å². The normalized spacial score (nSPS) is 20.7. The van der Waals surface area contributed by atoms with Gasteiger partial charge in [-0.3, -0.25) is 9.69 Å². The van der Waals surface area contributed by atoms with Crippen molar-refractivity contribution in [1.29, 1.82) is 0 Å². The van der Waals surface area contributed by atoms with Crippen molar-refractivity contribution in [2.24, 2.45) is 5.92 Å². The first-order valence-electron chi connectivity index (χ1n) is 6.51. The molecule has 1 aromatic rings. The Morgan fingerprint density at radius 2 is 2.39 bits per heavy atom. The minimum absolute atomic E-state index is 0.292. The van der Waals surface area contributed by atoms with Gasteiger partial charge in [-0.1, -0.05) is 0 Å². The van der Waals surface area contributed by atoms with Crippen molar-refractivity contribution < 1.29 is 9.90 Å². The van der Waals surface area contributed by atoms with Crippen LogP contribution in [-0.2, 0) is 11.3 Å². The molecule has 0 amide bonds. The molecule has 1 fully saturated rings. The van der Waals surface area contributed by atoms with Crippen molar-refractivity contribution in [2.45, 2.75) is 39.3 Å². The van der Waals surface area contributed by atoms with Crippen LogP contribution < -0.4 is 0 Å². The predicted molar refractivity (Wildman–Crippen MR) is 68.2 cm³/mol. The molecule has 5 nitrogen and oxygen atoms in total. The summed E-state index contributed by atoms with van der Waals surface area (Å²) < 4.78 is 2.17. The van der Waals surface area contributed by atoms with Crippen LogP contribution in [0.2, 0.25) is 0 Å². The van der Waals surface area contributed by atoms with Crippen LogP contribution in [0.4, 0.5) is 0 Å². The lowest BCUT2D eigenvalue weighted by Crippen LogP contribution is -2.22. The summed E-state index contributed by atoms with van der Waals surface area (Å²) in [5, 5.41) is 8.80. The van der Waals surface area contributed by atoms with Crippen molar-refractivity contribution >= 4 is 5.97 Å². The van der Waals surface area contributed by atoms with Gasteiger partial charge in [0.2, 0.25) is 0 Å². The monoisotopic (exact) mass is 251 g/mol. The Bertz CT molecular complexity index is 414. The Balaban J connectivity index is 1.91. The number of hydrogen-bond acceptors (Lipinski definition) is 3. The fourth-order valence-corrected chi connectivity index (χ4v) is 2.62. The molecule has 0 spiro atoms. The van der Waals surface area contributed by atoms with Gasteiger partial charge in [0.05, 0.1) is 12.0 Å². The van der Waals surface area contributed by atoms with E-state index in [1.807, 2.05) is 12.5 Å². The zero-order valence-electron chi connectivity index (χ0n) is 11.0. The average Bonchev–Trinajstić information content (AvgIpc) is 2.87. The molecular formula is C13H21N3O2. The van der Waals surface area contributed by atoms with E-state index in [-0.39, 0.29) is 0 Å². The Labute approximate surface area is 107 Å². The molecule has 0 saturated carbocycles. The van der Waals surface area contributed by atoms with Crippen LogP contribution in [-0.4, -0.2) is 38.6 Å². The summed E-state index contributed by atoms with van der Waals surface area (Å²) in [6.45, 7) is 7.02. The van der Waals surface area contributed by atoms with E-state index in [0.717, 1.165) is 26.1 Å². The van der Waals surface area contributed by atoms with Crippen LogP contribution in [0.5, 0.6) is 0 Å². The standard InChI is InChI=1S/C13H21N3O2/c1-10(2)16-9-14-6-12(16)8-15-4-3-11(7-15)5-13(17)18/h6,9-11H,3-5,7-8H2,1-2H3,(H,17,18)/t11-/m1/s1. The largest absolute Gasteiger partial charge is 0.481 e. The number of nitrogens with zero attached hydrogens (tertiary/aromatic N) is 3. The summed E-state index contributed by atoms with van der Waals surface area (Å²) in [5.74, 6) is -0.382. The second-order valence-electron chi connectivity index (χ2n) is 5.37. The Kier molecular flexibility index (Phi) is 4.01. The van der Waals surface area contributed by atoms with Crippen LogP contribution in [0.3, 0.4) is 0 Å². The smallest absolute Gasteiger partial charge is 0.303 e. The molecule has 0 radical (unpaired) electrons. The third kappa shape index (κ3) is 3.10. The van der Waals surface area contributed by atoms with E-state index < -0.39 is 5.97 Å². The molecule has 2 heterocycles. The number of carbonyl (C=O) groups is 1. The van der Waals surface area contributed by atoms with Gasteiger partial charge in [-0.05, 0) is 32.7 Å². The Hall–Kier alpha value is -1.36.